The van der Waals surface area contributed by atoms with Crippen LogP contribution in [0.4, 0.5) is 0 Å². The first-order valence-electron chi connectivity index (χ1n) is 11.7. The minimum Gasteiger partial charge on any atom is -0.492 e. The van der Waals surface area contributed by atoms with Crippen molar-refractivity contribution in [3.8, 4) is 28.0 Å². The van der Waals surface area contributed by atoms with Crippen LogP contribution in [0.3, 0.4) is 0 Å². The van der Waals surface area contributed by atoms with Gasteiger partial charge in [-0.25, -0.2) is 0 Å². The quantitative estimate of drug-likeness (QED) is 0.368. The first-order valence-corrected chi connectivity index (χ1v) is 11.7. The zero-order chi connectivity index (χ0) is 24.9. The molecule has 1 N–H and O–H groups in total. The molecule has 0 saturated heterocycles. The molecule has 0 aliphatic rings. The van der Waals surface area contributed by atoms with Gasteiger partial charge >= 0.3 is 0 Å². The second-order valence-corrected chi connectivity index (χ2v) is 9.08. The third-order valence-electron chi connectivity index (χ3n) is 5.96. The molecule has 1 atom stereocenters. The number of aryl methyl sites for hydroxylation is 2. The van der Waals surface area contributed by atoms with Gasteiger partial charge in [-0.15, -0.1) is 0 Å². The Balaban J connectivity index is 1.58. The van der Waals surface area contributed by atoms with Crippen molar-refractivity contribution in [2.75, 3.05) is 27.2 Å². The molecule has 0 unspecified atom stereocenters. The molecule has 0 radical (unpaired) electrons. The van der Waals surface area contributed by atoms with Crippen LogP contribution < -0.4 is 10.1 Å². The molecule has 4 rings (SSSR count). The Morgan fingerprint density at radius 2 is 1.89 bits per heavy atom. The van der Waals surface area contributed by atoms with E-state index in [1.165, 1.54) is 0 Å². The molecule has 182 valence electrons. The highest BCUT2D eigenvalue weighted by atomic mass is 16.5. The average molecular weight is 473 g/mol. The number of rotatable bonds is 9. The number of benzene rings is 2. The van der Waals surface area contributed by atoms with Gasteiger partial charge in [0.1, 0.15) is 12.4 Å². The fourth-order valence-corrected chi connectivity index (χ4v) is 3.87. The van der Waals surface area contributed by atoms with Crippen molar-refractivity contribution in [2.24, 2.45) is 7.05 Å². The summed E-state index contributed by atoms with van der Waals surface area (Å²) in [5.74, 6) is 0.556. The molecular formula is C28H32N4O3. The van der Waals surface area contributed by atoms with E-state index in [0.29, 0.717) is 17.9 Å². The number of carbonyl (C=O) groups excluding carboxylic acids is 1. The van der Waals surface area contributed by atoms with E-state index in [-0.39, 0.29) is 11.9 Å². The maximum absolute atomic E-state index is 13.3. The summed E-state index contributed by atoms with van der Waals surface area (Å²) in [5.41, 5.74) is 6.54. The van der Waals surface area contributed by atoms with Crippen LogP contribution in [0.25, 0.3) is 22.3 Å². The summed E-state index contributed by atoms with van der Waals surface area (Å²) in [6.07, 6.45) is 7.20. The van der Waals surface area contributed by atoms with Crippen LogP contribution in [0.15, 0.2) is 71.8 Å². The highest BCUT2D eigenvalue weighted by Crippen LogP contribution is 2.31. The second kappa shape index (κ2) is 10.6. The number of hydrogen-bond donors (Lipinski definition) is 1. The van der Waals surface area contributed by atoms with Crippen molar-refractivity contribution in [1.29, 1.82) is 0 Å². The maximum Gasteiger partial charge on any atom is 0.252 e. The van der Waals surface area contributed by atoms with E-state index < -0.39 is 0 Å². The van der Waals surface area contributed by atoms with E-state index in [1.54, 1.807) is 17.2 Å². The minimum atomic E-state index is -0.220. The van der Waals surface area contributed by atoms with E-state index in [2.05, 4.69) is 33.5 Å². The number of ether oxygens (including phenoxy) is 1. The van der Waals surface area contributed by atoms with Gasteiger partial charge in [-0.2, -0.15) is 5.10 Å². The van der Waals surface area contributed by atoms with Gasteiger partial charge < -0.3 is 19.4 Å². The standard InChI is InChI=1S/C28H32N4O3/c1-19-6-7-26(35-11-9-31(3)4)15-27(19)28(33)30-20(2)22-12-23(21-8-10-34-18-21)14-24(13-22)25-16-29-32(5)17-25/h6-8,10,12-18,20H,9,11H2,1-5H3,(H,30,33)/t20-/m1/s1. The lowest BCUT2D eigenvalue weighted by Crippen LogP contribution is -2.27. The number of nitrogens with zero attached hydrogens (tertiary/aromatic N) is 3. The SMILES string of the molecule is Cc1ccc(OCCN(C)C)cc1C(=O)N[C@H](C)c1cc(-c2ccoc2)cc(-c2cnn(C)c2)c1. The summed E-state index contributed by atoms with van der Waals surface area (Å²) >= 11 is 0. The summed E-state index contributed by atoms with van der Waals surface area (Å²) in [6.45, 7) is 5.29. The molecule has 2 heterocycles. The normalized spacial score (nSPS) is 12.1. The van der Waals surface area contributed by atoms with E-state index in [9.17, 15) is 4.79 Å². The van der Waals surface area contributed by atoms with Gasteiger partial charge in [0.2, 0.25) is 0 Å². The zero-order valence-corrected chi connectivity index (χ0v) is 20.9. The molecule has 7 nitrogen and oxygen atoms in total. The van der Waals surface area contributed by atoms with E-state index in [0.717, 1.165) is 39.9 Å². The Labute approximate surface area is 206 Å². The van der Waals surface area contributed by atoms with Gasteiger partial charge in [-0.1, -0.05) is 6.07 Å². The number of nitrogens with one attached hydrogen (secondary N) is 1. The number of furan rings is 1. The van der Waals surface area contributed by atoms with Gasteiger partial charge in [0.05, 0.1) is 24.8 Å². The summed E-state index contributed by atoms with van der Waals surface area (Å²) < 4.78 is 12.9. The molecule has 2 aromatic carbocycles. The Hall–Kier alpha value is -3.84. The van der Waals surface area contributed by atoms with Crippen molar-refractivity contribution in [3.05, 3.63) is 84.1 Å². The van der Waals surface area contributed by atoms with Gasteiger partial charge in [-0.3, -0.25) is 9.48 Å². The third kappa shape index (κ3) is 6.00. The molecule has 4 aromatic rings. The Morgan fingerprint density at radius 1 is 1.11 bits per heavy atom. The molecule has 35 heavy (non-hydrogen) atoms. The second-order valence-electron chi connectivity index (χ2n) is 9.08. The average Bonchev–Trinajstić information content (AvgIpc) is 3.52. The molecule has 0 fully saturated rings. The van der Waals surface area contributed by atoms with E-state index in [1.807, 2.05) is 71.6 Å². The van der Waals surface area contributed by atoms with Crippen molar-refractivity contribution >= 4 is 5.91 Å². The highest BCUT2D eigenvalue weighted by Gasteiger charge is 2.17. The predicted molar refractivity (Wildman–Crippen MR) is 137 cm³/mol. The van der Waals surface area contributed by atoms with Crippen molar-refractivity contribution < 1.29 is 13.9 Å². The van der Waals surface area contributed by atoms with Crippen molar-refractivity contribution in [1.82, 2.24) is 20.0 Å². The number of aromatic nitrogens is 2. The monoisotopic (exact) mass is 472 g/mol. The number of carbonyl (C=O) groups is 1. The Morgan fingerprint density at radius 3 is 2.54 bits per heavy atom. The van der Waals surface area contributed by atoms with Gasteiger partial charge in [0, 0.05) is 36.5 Å². The fraction of sp³-hybridized carbons (Fsp3) is 0.286. The minimum absolute atomic E-state index is 0.135. The van der Waals surface area contributed by atoms with Crippen LogP contribution in [0.1, 0.15) is 34.5 Å². The van der Waals surface area contributed by atoms with Gasteiger partial charge in [0.25, 0.3) is 5.91 Å². The van der Waals surface area contributed by atoms with Crippen molar-refractivity contribution in [2.45, 2.75) is 19.9 Å². The van der Waals surface area contributed by atoms with Crippen LogP contribution in [0.5, 0.6) is 5.75 Å². The number of amides is 1. The van der Waals surface area contributed by atoms with Crippen LogP contribution in [-0.4, -0.2) is 47.8 Å². The highest BCUT2D eigenvalue weighted by molar-refractivity contribution is 5.96. The smallest absolute Gasteiger partial charge is 0.252 e. The zero-order valence-electron chi connectivity index (χ0n) is 20.9. The number of likely N-dealkylation sites (N-methyl/N-ethyl adjacent to an activating group) is 1. The molecule has 1 amide bonds. The lowest BCUT2D eigenvalue weighted by atomic mass is 9.95. The van der Waals surface area contributed by atoms with E-state index >= 15 is 0 Å². The van der Waals surface area contributed by atoms with E-state index in [4.69, 9.17) is 9.15 Å². The molecule has 7 heteroatoms. The Bertz CT molecular complexity index is 1290. The molecular weight excluding hydrogens is 440 g/mol. The first-order chi connectivity index (χ1) is 16.8. The summed E-state index contributed by atoms with van der Waals surface area (Å²) in [4.78, 5) is 15.3. The molecule has 2 aromatic heterocycles. The molecule has 0 spiro atoms. The summed E-state index contributed by atoms with van der Waals surface area (Å²) in [5, 5.41) is 7.47. The largest absolute Gasteiger partial charge is 0.492 e. The lowest BCUT2D eigenvalue weighted by molar-refractivity contribution is 0.0938. The lowest BCUT2D eigenvalue weighted by Gasteiger charge is -2.18. The molecule has 0 aliphatic heterocycles. The number of hydrogen-bond acceptors (Lipinski definition) is 5. The van der Waals surface area contributed by atoms with Gasteiger partial charge in [0.15, 0.2) is 0 Å². The predicted octanol–water partition coefficient (Wildman–Crippen LogP) is 5.09. The van der Waals surface area contributed by atoms with Crippen LogP contribution >= 0.6 is 0 Å². The molecule has 0 saturated carbocycles. The van der Waals surface area contributed by atoms with Crippen molar-refractivity contribution in [3.63, 3.8) is 0 Å². The van der Waals surface area contributed by atoms with Gasteiger partial charge in [-0.05, 0) is 86.6 Å². The topological polar surface area (TPSA) is 72.5 Å². The Kier molecular flexibility index (Phi) is 7.36. The first kappa shape index (κ1) is 24.3. The van der Waals surface area contributed by atoms with Crippen LogP contribution in [-0.2, 0) is 7.05 Å². The van der Waals surface area contributed by atoms with Crippen LogP contribution in [0.2, 0.25) is 0 Å². The van der Waals surface area contributed by atoms with Crippen LogP contribution in [0, 0.1) is 6.92 Å². The maximum atomic E-state index is 13.3. The molecule has 0 aliphatic carbocycles. The third-order valence-corrected chi connectivity index (χ3v) is 5.96. The fourth-order valence-electron chi connectivity index (χ4n) is 3.87. The summed E-state index contributed by atoms with van der Waals surface area (Å²) in [6, 6.07) is 13.6. The molecule has 0 bridgehead atoms. The summed E-state index contributed by atoms with van der Waals surface area (Å²) in [7, 11) is 5.90.